The number of rotatable bonds is 3. The van der Waals surface area contributed by atoms with Crippen LogP contribution in [0.2, 0.25) is 0 Å². The third kappa shape index (κ3) is 2.72. The fraction of sp³-hybridized carbons (Fsp3) is 0.480. The van der Waals surface area contributed by atoms with Gasteiger partial charge in [-0.05, 0) is 43.4 Å². The maximum atomic E-state index is 12.6. The van der Waals surface area contributed by atoms with Gasteiger partial charge in [0.05, 0.1) is 24.9 Å². The van der Waals surface area contributed by atoms with E-state index < -0.39 is 0 Å². The molecule has 152 valence electrons. The second-order valence-corrected chi connectivity index (χ2v) is 9.28. The number of para-hydroxylation sites is 1. The van der Waals surface area contributed by atoms with Gasteiger partial charge < -0.3 is 14.2 Å². The molecule has 0 amide bonds. The second-order valence-electron chi connectivity index (χ2n) is 9.28. The Labute approximate surface area is 172 Å². The third-order valence-electron chi connectivity index (χ3n) is 7.75. The molecule has 2 aliphatic heterocycles. The van der Waals surface area contributed by atoms with Crippen molar-refractivity contribution in [3.63, 3.8) is 0 Å². The zero-order chi connectivity index (χ0) is 20.2. The van der Waals surface area contributed by atoms with Crippen LogP contribution in [0.1, 0.15) is 49.2 Å². The average Bonchev–Trinajstić information content (AvgIpc) is 2.72. The van der Waals surface area contributed by atoms with E-state index in [1.807, 2.05) is 36.4 Å². The summed E-state index contributed by atoms with van der Waals surface area (Å²) in [6.07, 6.45) is 0.962. The highest BCUT2D eigenvalue weighted by atomic mass is 16.5. The van der Waals surface area contributed by atoms with Gasteiger partial charge in [-0.1, -0.05) is 50.2 Å². The van der Waals surface area contributed by atoms with Crippen molar-refractivity contribution in [3.8, 4) is 5.75 Å². The molecule has 2 heterocycles. The number of carbonyl (C=O) groups is 1. The van der Waals surface area contributed by atoms with Crippen molar-refractivity contribution >= 4 is 5.97 Å². The van der Waals surface area contributed by atoms with E-state index in [-0.39, 0.29) is 29.0 Å². The van der Waals surface area contributed by atoms with Crippen LogP contribution in [-0.2, 0) is 9.47 Å². The van der Waals surface area contributed by atoms with Crippen LogP contribution in [0.3, 0.4) is 0 Å². The number of hydrogen-bond donors (Lipinski definition) is 0. The van der Waals surface area contributed by atoms with Gasteiger partial charge in [-0.3, -0.25) is 0 Å². The maximum absolute atomic E-state index is 12.6. The van der Waals surface area contributed by atoms with Crippen molar-refractivity contribution in [1.29, 1.82) is 0 Å². The normalized spacial score (nSPS) is 37.2. The first-order valence-electron chi connectivity index (χ1n) is 10.6. The van der Waals surface area contributed by atoms with E-state index >= 15 is 0 Å². The van der Waals surface area contributed by atoms with Crippen LogP contribution >= 0.6 is 0 Å². The van der Waals surface area contributed by atoms with Gasteiger partial charge in [0.1, 0.15) is 11.4 Å². The summed E-state index contributed by atoms with van der Waals surface area (Å²) in [5, 5.41) is 0. The average molecular weight is 392 g/mol. The van der Waals surface area contributed by atoms with E-state index in [0.717, 1.165) is 17.7 Å². The Bertz CT molecular complexity index is 925. The van der Waals surface area contributed by atoms with Crippen molar-refractivity contribution in [1.82, 2.24) is 0 Å². The molecule has 0 radical (unpaired) electrons. The fourth-order valence-corrected chi connectivity index (χ4v) is 6.11. The Balaban J connectivity index is 1.44. The minimum Gasteiger partial charge on any atom is -0.487 e. The highest BCUT2D eigenvalue weighted by molar-refractivity contribution is 5.89. The lowest BCUT2D eigenvalue weighted by molar-refractivity contribution is -0.259. The molecule has 2 bridgehead atoms. The van der Waals surface area contributed by atoms with Gasteiger partial charge in [-0.2, -0.15) is 0 Å². The first-order chi connectivity index (χ1) is 13.9. The summed E-state index contributed by atoms with van der Waals surface area (Å²) >= 11 is 0. The highest BCUT2D eigenvalue weighted by Crippen LogP contribution is 2.63. The zero-order valence-electron chi connectivity index (χ0n) is 17.3. The molecule has 2 aromatic carbocycles. The van der Waals surface area contributed by atoms with Gasteiger partial charge in [0.15, 0.2) is 0 Å². The predicted octanol–water partition coefficient (Wildman–Crippen LogP) is 5.04. The van der Waals surface area contributed by atoms with E-state index in [0.29, 0.717) is 30.6 Å². The molecular weight excluding hydrogens is 364 g/mol. The van der Waals surface area contributed by atoms with Crippen molar-refractivity contribution in [2.75, 3.05) is 13.2 Å². The molecule has 1 aliphatic carbocycles. The Morgan fingerprint density at radius 1 is 1.10 bits per heavy atom. The van der Waals surface area contributed by atoms with E-state index in [9.17, 15) is 4.79 Å². The fourth-order valence-electron chi connectivity index (χ4n) is 6.11. The monoisotopic (exact) mass is 392 g/mol. The molecule has 0 N–H and O–H groups in total. The van der Waals surface area contributed by atoms with Gasteiger partial charge in [-0.25, -0.2) is 4.79 Å². The molecule has 0 unspecified atom stereocenters. The number of ether oxygens (including phenoxy) is 3. The molecule has 29 heavy (non-hydrogen) atoms. The van der Waals surface area contributed by atoms with Crippen LogP contribution < -0.4 is 4.74 Å². The van der Waals surface area contributed by atoms with Gasteiger partial charge >= 0.3 is 5.97 Å². The van der Waals surface area contributed by atoms with Crippen LogP contribution in [0.15, 0.2) is 54.6 Å². The number of carbonyl (C=O) groups excluding carboxylic acids is 1. The first kappa shape index (κ1) is 18.7. The summed E-state index contributed by atoms with van der Waals surface area (Å²) < 4.78 is 18.9. The molecule has 1 saturated heterocycles. The van der Waals surface area contributed by atoms with Crippen LogP contribution in [-0.4, -0.2) is 24.8 Å². The Morgan fingerprint density at radius 2 is 1.83 bits per heavy atom. The van der Waals surface area contributed by atoms with Crippen molar-refractivity contribution in [2.24, 2.45) is 23.2 Å². The van der Waals surface area contributed by atoms with Gasteiger partial charge in [0, 0.05) is 16.9 Å². The van der Waals surface area contributed by atoms with Gasteiger partial charge in [0.25, 0.3) is 0 Å². The third-order valence-corrected chi connectivity index (χ3v) is 7.75. The molecule has 4 nitrogen and oxygen atoms in total. The lowest BCUT2D eigenvalue weighted by atomic mass is 9.50. The lowest BCUT2D eigenvalue weighted by Crippen LogP contribution is -2.66. The maximum Gasteiger partial charge on any atom is 0.338 e. The number of benzene rings is 2. The lowest BCUT2D eigenvalue weighted by Gasteiger charge is -2.63. The largest absolute Gasteiger partial charge is 0.487 e. The first-order valence-corrected chi connectivity index (χ1v) is 10.6. The minimum atomic E-state index is -0.273. The topological polar surface area (TPSA) is 44.8 Å². The summed E-state index contributed by atoms with van der Waals surface area (Å²) in [5.41, 5.74) is 1.27. The Kier molecular flexibility index (Phi) is 4.25. The molecule has 0 spiro atoms. The zero-order valence-corrected chi connectivity index (χ0v) is 17.3. The Morgan fingerprint density at radius 3 is 2.62 bits per heavy atom. The molecule has 4 heteroatoms. The molecule has 6 atom stereocenters. The van der Waals surface area contributed by atoms with Crippen molar-refractivity contribution in [3.05, 3.63) is 65.7 Å². The molecule has 2 fully saturated rings. The van der Waals surface area contributed by atoms with Crippen LogP contribution in [0, 0.1) is 23.2 Å². The minimum absolute atomic E-state index is 0.0328. The standard InChI is InChI=1S/C25H28O4/c1-16-13-24(3)21-17(2)25(16,15-28-23(26)18-9-5-4-6-10-18)14-27-22(21)19-11-7-8-12-20(19)29-24/h4-12,16-17,21-22H,13-15H2,1-3H3/t16-,17-,21-,22-,24+,25-/m0/s1. The van der Waals surface area contributed by atoms with Gasteiger partial charge in [-0.15, -0.1) is 0 Å². The molecule has 1 saturated carbocycles. The van der Waals surface area contributed by atoms with E-state index in [1.54, 1.807) is 12.1 Å². The second kappa shape index (κ2) is 6.60. The summed E-state index contributed by atoms with van der Waals surface area (Å²) in [6.45, 7) is 7.75. The summed E-state index contributed by atoms with van der Waals surface area (Å²) in [6, 6.07) is 17.4. The van der Waals surface area contributed by atoms with Crippen LogP contribution in [0.25, 0.3) is 0 Å². The summed E-state index contributed by atoms with van der Waals surface area (Å²) in [7, 11) is 0. The molecule has 5 rings (SSSR count). The predicted molar refractivity (Wildman–Crippen MR) is 110 cm³/mol. The Hall–Kier alpha value is -2.33. The number of esters is 1. The van der Waals surface area contributed by atoms with E-state index in [2.05, 4.69) is 26.8 Å². The van der Waals surface area contributed by atoms with E-state index in [1.165, 1.54) is 0 Å². The number of hydrogen-bond acceptors (Lipinski definition) is 4. The molecule has 3 aliphatic rings. The quantitative estimate of drug-likeness (QED) is 0.686. The van der Waals surface area contributed by atoms with Crippen LogP contribution in [0.5, 0.6) is 5.75 Å². The molecule has 0 aromatic heterocycles. The number of fused-ring (bicyclic) bond motifs is 3. The van der Waals surface area contributed by atoms with Crippen molar-refractivity contribution < 1.29 is 19.0 Å². The summed E-state index contributed by atoms with van der Waals surface area (Å²) in [4.78, 5) is 12.6. The SMILES string of the molecule is C[C@H]1C[C@@]2(C)Oc3ccccc3[C@@H]3OC[C@@]1(COC(=O)c1ccccc1)[C@@H](C)[C@@H]32. The van der Waals surface area contributed by atoms with Crippen LogP contribution in [0.4, 0.5) is 0 Å². The molecule has 2 aromatic rings. The van der Waals surface area contributed by atoms with E-state index in [4.69, 9.17) is 14.2 Å². The summed E-state index contributed by atoms with van der Waals surface area (Å²) in [5.74, 6) is 1.54. The smallest absolute Gasteiger partial charge is 0.338 e. The highest BCUT2D eigenvalue weighted by Gasteiger charge is 2.64. The van der Waals surface area contributed by atoms with Crippen molar-refractivity contribution in [2.45, 2.75) is 38.9 Å². The molecular formula is C25H28O4. The van der Waals surface area contributed by atoms with Gasteiger partial charge in [0.2, 0.25) is 0 Å².